The number of pyridine rings is 1. The van der Waals surface area contributed by atoms with Crippen molar-refractivity contribution in [2.75, 3.05) is 18.0 Å². The number of aliphatic carboxylic acids is 1. The highest BCUT2D eigenvalue weighted by Gasteiger charge is 2.29. The Morgan fingerprint density at radius 2 is 2.26 bits per heavy atom. The van der Waals surface area contributed by atoms with Crippen LogP contribution in [0.15, 0.2) is 12.1 Å². The van der Waals surface area contributed by atoms with Gasteiger partial charge in [0.1, 0.15) is 11.8 Å². The van der Waals surface area contributed by atoms with Gasteiger partial charge in [-0.15, -0.1) is 0 Å². The van der Waals surface area contributed by atoms with E-state index in [0.29, 0.717) is 24.6 Å². The van der Waals surface area contributed by atoms with Gasteiger partial charge in [-0.05, 0) is 31.4 Å². The second kappa shape index (κ2) is 5.27. The highest BCUT2D eigenvalue weighted by atomic mass is 16.4. The van der Waals surface area contributed by atoms with Gasteiger partial charge >= 0.3 is 5.97 Å². The van der Waals surface area contributed by atoms with E-state index >= 15 is 0 Å². The highest BCUT2D eigenvalue weighted by Crippen LogP contribution is 2.27. The van der Waals surface area contributed by atoms with Crippen LogP contribution in [-0.2, 0) is 4.79 Å². The number of nitrogens with zero attached hydrogens (tertiary/aromatic N) is 3. The lowest BCUT2D eigenvalue weighted by Crippen LogP contribution is -2.42. The van der Waals surface area contributed by atoms with Crippen molar-refractivity contribution >= 4 is 11.7 Å². The molecule has 1 saturated heterocycles. The van der Waals surface area contributed by atoms with Crippen molar-refractivity contribution in [3.63, 3.8) is 0 Å². The molecule has 2 heterocycles. The number of anilines is 1. The summed E-state index contributed by atoms with van der Waals surface area (Å²) in [6.07, 6.45) is 0.709. The third-order valence-electron chi connectivity index (χ3n) is 3.43. The molecular weight excluding hydrogens is 242 g/mol. The Balaban J connectivity index is 2.28. The third-order valence-corrected chi connectivity index (χ3v) is 3.43. The Kier molecular flexibility index (Phi) is 3.70. The fourth-order valence-electron chi connectivity index (χ4n) is 2.63. The van der Waals surface area contributed by atoms with Crippen LogP contribution in [0, 0.1) is 30.1 Å². The minimum absolute atomic E-state index is 0.328. The maximum absolute atomic E-state index is 11.2. The number of carboxylic acid groups (broad SMARTS) is 1. The summed E-state index contributed by atoms with van der Waals surface area (Å²) in [5.74, 6) is -0.764. The monoisotopic (exact) mass is 259 g/mol. The van der Waals surface area contributed by atoms with Crippen molar-refractivity contribution in [1.29, 1.82) is 5.26 Å². The number of aryl methyl sites for hydroxylation is 1. The summed E-state index contributed by atoms with van der Waals surface area (Å²) in [5, 5.41) is 18.1. The van der Waals surface area contributed by atoms with Crippen molar-refractivity contribution in [3.05, 3.63) is 23.5 Å². The second-order valence-corrected chi connectivity index (χ2v) is 5.24. The molecule has 0 radical (unpaired) electrons. The van der Waals surface area contributed by atoms with Crippen molar-refractivity contribution in [2.45, 2.75) is 20.3 Å². The van der Waals surface area contributed by atoms with Crippen molar-refractivity contribution < 1.29 is 9.90 Å². The van der Waals surface area contributed by atoms with E-state index in [9.17, 15) is 9.90 Å². The molecule has 5 heteroatoms. The van der Waals surface area contributed by atoms with E-state index < -0.39 is 5.97 Å². The van der Waals surface area contributed by atoms with E-state index in [1.807, 2.05) is 24.0 Å². The minimum atomic E-state index is -0.747. The molecule has 1 aromatic rings. The fourth-order valence-corrected chi connectivity index (χ4v) is 2.63. The molecule has 5 nitrogen and oxygen atoms in total. The van der Waals surface area contributed by atoms with E-state index in [4.69, 9.17) is 5.26 Å². The van der Waals surface area contributed by atoms with E-state index in [2.05, 4.69) is 11.9 Å². The Morgan fingerprint density at radius 3 is 2.89 bits per heavy atom. The smallest absolute Gasteiger partial charge is 0.308 e. The SMILES string of the molecule is Cc1cc(N2CC(C)CC(C(=O)O)C2)cc(C#N)n1. The van der Waals surface area contributed by atoms with Crippen LogP contribution in [-0.4, -0.2) is 29.1 Å². The van der Waals surface area contributed by atoms with Crippen LogP contribution in [0.1, 0.15) is 24.7 Å². The lowest BCUT2D eigenvalue weighted by atomic mass is 9.90. The molecule has 19 heavy (non-hydrogen) atoms. The summed E-state index contributed by atoms with van der Waals surface area (Å²) in [5.41, 5.74) is 2.04. The van der Waals surface area contributed by atoms with Crippen LogP contribution < -0.4 is 4.90 Å². The summed E-state index contributed by atoms with van der Waals surface area (Å²) in [6, 6.07) is 5.67. The predicted molar refractivity (Wildman–Crippen MR) is 70.8 cm³/mol. The number of nitriles is 1. The normalized spacial score (nSPS) is 22.9. The molecule has 2 rings (SSSR count). The molecular formula is C14H17N3O2. The zero-order valence-corrected chi connectivity index (χ0v) is 11.1. The van der Waals surface area contributed by atoms with Gasteiger partial charge in [-0.3, -0.25) is 4.79 Å². The summed E-state index contributed by atoms with van der Waals surface area (Å²) < 4.78 is 0. The van der Waals surface area contributed by atoms with Gasteiger partial charge in [0.05, 0.1) is 5.92 Å². The van der Waals surface area contributed by atoms with E-state index in [0.717, 1.165) is 17.9 Å². The summed E-state index contributed by atoms with van der Waals surface area (Å²) in [6.45, 7) is 5.21. The first-order chi connectivity index (χ1) is 8.99. The molecule has 1 N–H and O–H groups in total. The van der Waals surface area contributed by atoms with E-state index in [-0.39, 0.29) is 5.92 Å². The van der Waals surface area contributed by atoms with Gasteiger partial charge in [0.15, 0.2) is 0 Å². The van der Waals surface area contributed by atoms with Crippen LogP contribution in [0.25, 0.3) is 0 Å². The standard InChI is InChI=1S/C14H17N3O2/c1-9-3-11(14(18)19)8-17(7-9)13-4-10(2)16-12(5-13)6-15/h4-5,9,11H,3,7-8H2,1-2H3,(H,18,19). The minimum Gasteiger partial charge on any atom is -0.481 e. The maximum Gasteiger partial charge on any atom is 0.308 e. The van der Waals surface area contributed by atoms with Gasteiger partial charge in [-0.25, -0.2) is 4.98 Å². The molecule has 1 aromatic heterocycles. The van der Waals surface area contributed by atoms with E-state index in [1.165, 1.54) is 0 Å². The van der Waals surface area contributed by atoms with E-state index in [1.54, 1.807) is 6.07 Å². The van der Waals surface area contributed by atoms with Crippen molar-refractivity contribution in [1.82, 2.24) is 4.98 Å². The van der Waals surface area contributed by atoms with Gasteiger partial charge in [0, 0.05) is 24.5 Å². The number of hydrogen-bond donors (Lipinski definition) is 1. The van der Waals surface area contributed by atoms with Gasteiger partial charge < -0.3 is 10.0 Å². The highest BCUT2D eigenvalue weighted by molar-refractivity contribution is 5.71. The quantitative estimate of drug-likeness (QED) is 0.876. The first-order valence-corrected chi connectivity index (χ1v) is 6.36. The fraction of sp³-hybridized carbons (Fsp3) is 0.500. The number of aromatic nitrogens is 1. The molecule has 2 atom stereocenters. The Labute approximate surface area is 112 Å². The van der Waals surface area contributed by atoms with Crippen LogP contribution >= 0.6 is 0 Å². The molecule has 0 saturated carbocycles. The lowest BCUT2D eigenvalue weighted by molar-refractivity contribution is -0.142. The van der Waals surface area contributed by atoms with Crippen LogP contribution in [0.5, 0.6) is 0 Å². The molecule has 2 unspecified atom stereocenters. The molecule has 1 aliphatic rings. The maximum atomic E-state index is 11.2. The Morgan fingerprint density at radius 1 is 1.53 bits per heavy atom. The largest absolute Gasteiger partial charge is 0.481 e. The summed E-state index contributed by atoms with van der Waals surface area (Å²) >= 11 is 0. The number of hydrogen-bond acceptors (Lipinski definition) is 4. The topological polar surface area (TPSA) is 77.2 Å². The number of carboxylic acids is 1. The van der Waals surface area contributed by atoms with Crippen molar-refractivity contribution in [2.24, 2.45) is 11.8 Å². The first kappa shape index (κ1) is 13.3. The zero-order chi connectivity index (χ0) is 14.0. The second-order valence-electron chi connectivity index (χ2n) is 5.24. The molecule has 0 spiro atoms. The molecule has 0 bridgehead atoms. The molecule has 1 aliphatic heterocycles. The number of rotatable bonds is 2. The zero-order valence-electron chi connectivity index (χ0n) is 11.1. The predicted octanol–water partition coefficient (Wildman–Crippen LogP) is 1.81. The third kappa shape index (κ3) is 3.02. The number of piperidine rings is 1. The van der Waals surface area contributed by atoms with Gasteiger partial charge in [-0.1, -0.05) is 6.92 Å². The average molecular weight is 259 g/mol. The summed E-state index contributed by atoms with van der Waals surface area (Å²) in [4.78, 5) is 17.3. The van der Waals surface area contributed by atoms with Gasteiger partial charge in [0.2, 0.25) is 0 Å². The molecule has 0 aliphatic carbocycles. The Bertz CT molecular complexity index is 536. The van der Waals surface area contributed by atoms with Gasteiger partial charge in [-0.2, -0.15) is 5.26 Å². The molecule has 0 aromatic carbocycles. The number of carbonyl (C=O) groups is 1. The Hall–Kier alpha value is -2.09. The van der Waals surface area contributed by atoms with Crippen LogP contribution in [0.2, 0.25) is 0 Å². The van der Waals surface area contributed by atoms with Crippen molar-refractivity contribution in [3.8, 4) is 6.07 Å². The average Bonchev–Trinajstić information content (AvgIpc) is 2.37. The van der Waals surface area contributed by atoms with Crippen LogP contribution in [0.4, 0.5) is 5.69 Å². The lowest BCUT2D eigenvalue weighted by Gasteiger charge is -2.36. The molecule has 1 fully saturated rings. The summed E-state index contributed by atoms with van der Waals surface area (Å²) in [7, 11) is 0. The van der Waals surface area contributed by atoms with Crippen LogP contribution in [0.3, 0.4) is 0 Å². The molecule has 0 amide bonds. The molecule has 100 valence electrons. The first-order valence-electron chi connectivity index (χ1n) is 6.36. The van der Waals surface area contributed by atoms with Gasteiger partial charge in [0.25, 0.3) is 0 Å².